The number of tetrazole rings is 2. The molecular weight excluding hydrogens is 1040 g/mol. The van der Waals surface area contributed by atoms with Crippen molar-refractivity contribution in [2.45, 2.75) is 88.4 Å². The number of Topliss-reactive ketones (excluding diaryl/α,β-unsaturated/α-hetero) is 2. The lowest BCUT2D eigenvalue weighted by molar-refractivity contribution is -0.136. The first-order valence-corrected chi connectivity index (χ1v) is 26.5. The molecule has 72 heavy (non-hydrogen) atoms. The number of thioether (sulfide) groups is 2. The molecule has 14 nitrogen and oxygen atoms in total. The number of aliphatic hydroxyl groups excluding tert-OH is 1. The fraction of sp³-hybridized carbons (Fsp3) is 0.365. The van der Waals surface area contributed by atoms with Gasteiger partial charge in [-0.2, -0.15) is 9.36 Å². The molecule has 8 rings (SSSR count). The van der Waals surface area contributed by atoms with Gasteiger partial charge in [0.1, 0.15) is 11.6 Å². The molecule has 0 unspecified atom stereocenters. The quantitative estimate of drug-likeness (QED) is 0.0513. The Hall–Kier alpha value is -5.27. The molecule has 2 heterocycles. The van der Waals surface area contributed by atoms with Crippen molar-refractivity contribution in [1.82, 2.24) is 45.7 Å². The monoisotopic (exact) mass is 1090 g/mol. The molecule has 0 bridgehead atoms. The first-order valence-electron chi connectivity index (χ1n) is 23.0. The van der Waals surface area contributed by atoms with Gasteiger partial charge in [0, 0.05) is 51.4 Å². The maximum Gasteiger partial charge on any atom is 0.317 e. The molecule has 0 saturated heterocycles. The molecule has 3 N–H and O–H groups in total. The molecule has 2 saturated carbocycles. The topological polar surface area (TPSA) is 191 Å². The largest absolute Gasteiger partial charge is 0.480 e. The summed E-state index contributed by atoms with van der Waals surface area (Å²) in [6.45, 7) is 7.86. The minimum Gasteiger partial charge on any atom is -0.480 e. The summed E-state index contributed by atoms with van der Waals surface area (Å²) in [5, 5.41) is 47.8. The summed E-state index contributed by atoms with van der Waals surface area (Å²) in [7, 11) is 0. The van der Waals surface area contributed by atoms with Gasteiger partial charge in [-0.1, -0.05) is 118 Å². The third-order valence-electron chi connectivity index (χ3n) is 11.3. The number of rotatable bonds is 19. The third kappa shape index (κ3) is 15.9. The standard InChI is InChI=1S/C27H27Cl2N5O3S.C25H24Cl2N4O2S/c1-27(2,16-30-14-25(36)37)10-9-17-3-4-20(22(28)11-17)12-21(35)15-38-26-31-32-33-34(26)24-8-7-19(13-23(24)29)18-5-6-18;1-25(2,15-32)10-9-16-3-4-19(21(26)11-16)12-20(33)14-34-24-28-29-30-31(24)23-8-7-18(13-22(23)27)17-5-6-17/h3-4,7-8,11,13,18,30H,5-6,12,14-16H2,1-2H3,(H,36,37);3-4,7-8,11,13,17,32H,5-6,12,14-15H2,1-2H3. The van der Waals surface area contributed by atoms with Crippen LogP contribution in [0.15, 0.2) is 83.1 Å². The van der Waals surface area contributed by atoms with Crippen LogP contribution in [0.25, 0.3) is 11.4 Å². The zero-order valence-electron chi connectivity index (χ0n) is 39.9. The Morgan fingerprint density at radius 1 is 0.653 bits per heavy atom. The zero-order chi connectivity index (χ0) is 51.6. The molecule has 20 heteroatoms. The molecule has 0 aliphatic heterocycles. The van der Waals surface area contributed by atoms with Gasteiger partial charge >= 0.3 is 5.97 Å². The van der Waals surface area contributed by atoms with Gasteiger partial charge in [0.25, 0.3) is 0 Å². The van der Waals surface area contributed by atoms with E-state index in [2.05, 4.69) is 66.1 Å². The minimum atomic E-state index is -0.912. The number of carbonyl (C=O) groups excluding carboxylic acids is 2. The van der Waals surface area contributed by atoms with Gasteiger partial charge < -0.3 is 15.5 Å². The van der Waals surface area contributed by atoms with Crippen LogP contribution >= 0.6 is 69.9 Å². The molecule has 2 aromatic heterocycles. The van der Waals surface area contributed by atoms with Crippen LogP contribution in [-0.4, -0.2) is 99.4 Å². The number of aromatic nitrogens is 8. The number of ketones is 2. The van der Waals surface area contributed by atoms with E-state index in [9.17, 15) is 19.5 Å². The molecule has 4 aromatic carbocycles. The molecular formula is C52H51Cl4N9O5S2. The Morgan fingerprint density at radius 3 is 1.49 bits per heavy atom. The van der Waals surface area contributed by atoms with Gasteiger partial charge in [0.15, 0.2) is 0 Å². The van der Waals surface area contributed by atoms with Crippen LogP contribution in [0.3, 0.4) is 0 Å². The first-order chi connectivity index (χ1) is 34.4. The predicted octanol–water partition coefficient (Wildman–Crippen LogP) is 9.92. The Balaban J connectivity index is 0.000000213. The van der Waals surface area contributed by atoms with Crippen LogP contribution in [0, 0.1) is 34.5 Å². The highest BCUT2D eigenvalue weighted by Gasteiger charge is 2.26. The maximum absolute atomic E-state index is 12.7. The third-order valence-corrected chi connectivity index (χ3v) is 14.6. The van der Waals surface area contributed by atoms with E-state index in [0.29, 0.717) is 65.7 Å². The molecule has 374 valence electrons. The summed E-state index contributed by atoms with van der Waals surface area (Å²) < 4.78 is 3.11. The number of benzene rings is 4. The second-order valence-corrected chi connectivity index (χ2v) is 22.3. The van der Waals surface area contributed by atoms with E-state index in [1.807, 2.05) is 76.2 Å². The Morgan fingerprint density at radius 2 is 1.10 bits per heavy atom. The van der Waals surface area contributed by atoms with Crippen LogP contribution in [0.5, 0.6) is 0 Å². The van der Waals surface area contributed by atoms with Crippen molar-refractivity contribution < 1.29 is 24.6 Å². The molecule has 0 spiro atoms. The second-order valence-electron chi connectivity index (χ2n) is 18.8. The molecule has 0 atom stereocenters. The molecule has 0 radical (unpaired) electrons. The summed E-state index contributed by atoms with van der Waals surface area (Å²) in [5.74, 6) is 12.9. The van der Waals surface area contributed by atoms with Crippen molar-refractivity contribution in [1.29, 1.82) is 0 Å². The fourth-order valence-corrected chi connectivity index (χ4v) is 9.49. The molecule has 2 fully saturated rings. The van der Waals surface area contributed by atoms with E-state index in [1.165, 1.54) is 60.3 Å². The van der Waals surface area contributed by atoms with Crippen LogP contribution in [-0.2, 0) is 27.2 Å². The lowest BCUT2D eigenvalue weighted by atomic mass is 9.94. The highest BCUT2D eigenvalue weighted by atomic mass is 35.5. The van der Waals surface area contributed by atoms with Gasteiger partial charge in [0.05, 0.1) is 46.1 Å². The second kappa shape index (κ2) is 24.6. The van der Waals surface area contributed by atoms with E-state index in [1.54, 1.807) is 27.6 Å². The van der Waals surface area contributed by atoms with Gasteiger partial charge in [0.2, 0.25) is 10.3 Å². The smallest absolute Gasteiger partial charge is 0.317 e. The van der Waals surface area contributed by atoms with E-state index < -0.39 is 16.8 Å². The number of aliphatic hydroxyl groups is 1. The highest BCUT2D eigenvalue weighted by molar-refractivity contribution is 8.00. The normalized spacial score (nSPS) is 13.3. The van der Waals surface area contributed by atoms with Gasteiger partial charge in [-0.3, -0.25) is 14.4 Å². The van der Waals surface area contributed by atoms with Crippen molar-refractivity contribution in [3.63, 3.8) is 0 Å². The Kier molecular flexibility index (Phi) is 18.6. The van der Waals surface area contributed by atoms with Gasteiger partial charge in [-0.25, -0.2) is 0 Å². The molecule has 2 aliphatic carbocycles. The number of aliphatic carboxylic acids is 1. The maximum atomic E-state index is 12.7. The van der Waals surface area contributed by atoms with E-state index in [0.717, 1.165) is 16.7 Å². The van der Waals surface area contributed by atoms with Gasteiger partial charge in [-0.15, -0.1) is 10.2 Å². The van der Waals surface area contributed by atoms with E-state index in [-0.39, 0.29) is 49.1 Å². The van der Waals surface area contributed by atoms with Crippen LogP contribution < -0.4 is 5.32 Å². The zero-order valence-corrected chi connectivity index (χ0v) is 44.5. The lowest BCUT2D eigenvalue weighted by Gasteiger charge is -2.17. The van der Waals surface area contributed by atoms with Crippen LogP contribution in [0.2, 0.25) is 20.1 Å². The predicted molar refractivity (Wildman–Crippen MR) is 283 cm³/mol. The Bertz CT molecular complexity index is 3090. The molecule has 0 amide bonds. The number of nitrogens with one attached hydrogen (secondary N) is 1. The van der Waals surface area contributed by atoms with E-state index in [4.69, 9.17) is 51.5 Å². The number of carboxylic acid groups (broad SMARTS) is 1. The SMILES string of the molecule is CC(C)(C#Cc1ccc(CC(=O)CSc2nnnn2-c2ccc(C3CC3)cc2Cl)c(Cl)c1)CNCC(=O)O.CC(C)(C#Cc1ccc(CC(=O)CSc2nnnn2-c2ccc(C3CC3)cc2Cl)c(Cl)c1)CO. The Labute approximate surface area is 446 Å². The number of hydrogen-bond donors (Lipinski definition) is 3. The van der Waals surface area contributed by atoms with Crippen LogP contribution in [0.4, 0.5) is 0 Å². The van der Waals surface area contributed by atoms with Crippen molar-refractivity contribution in [2.24, 2.45) is 10.8 Å². The summed E-state index contributed by atoms with van der Waals surface area (Å²) in [5.41, 5.74) is 5.81. The number of carboxylic acids is 1. The van der Waals surface area contributed by atoms with Gasteiger partial charge in [-0.05, 0) is 157 Å². The highest BCUT2D eigenvalue weighted by Crippen LogP contribution is 2.43. The summed E-state index contributed by atoms with van der Waals surface area (Å²) in [6, 6.07) is 22.6. The van der Waals surface area contributed by atoms with E-state index >= 15 is 0 Å². The minimum absolute atomic E-state index is 0.00289. The van der Waals surface area contributed by atoms with Crippen molar-refractivity contribution in [3.05, 3.63) is 126 Å². The summed E-state index contributed by atoms with van der Waals surface area (Å²) >= 11 is 28.3. The number of hydrogen-bond acceptors (Lipinski definition) is 13. The summed E-state index contributed by atoms with van der Waals surface area (Å²) in [6.07, 6.45) is 5.15. The number of carbonyl (C=O) groups is 3. The lowest BCUT2D eigenvalue weighted by Crippen LogP contribution is -2.32. The molecule has 2 aliphatic rings. The first kappa shape index (κ1) is 54.5. The summed E-state index contributed by atoms with van der Waals surface area (Å²) in [4.78, 5) is 36.0. The molecule has 6 aromatic rings. The van der Waals surface area contributed by atoms with Crippen LogP contribution in [0.1, 0.15) is 98.6 Å². The average molecular weight is 1090 g/mol. The average Bonchev–Trinajstić information content (AvgIpc) is 4.28. The van der Waals surface area contributed by atoms with Crippen molar-refractivity contribution >= 4 is 87.5 Å². The fourth-order valence-electron chi connectivity index (χ4n) is 6.97. The number of halogens is 4. The number of nitrogens with zero attached hydrogens (tertiary/aromatic N) is 8. The van der Waals surface area contributed by atoms with Crippen molar-refractivity contribution in [3.8, 4) is 35.1 Å². The van der Waals surface area contributed by atoms with Crippen molar-refractivity contribution in [2.75, 3.05) is 31.2 Å².